The number of aromatic nitrogens is 2. The second kappa shape index (κ2) is 5.16. The van der Waals surface area contributed by atoms with Crippen molar-refractivity contribution >= 4 is 34.4 Å². The summed E-state index contributed by atoms with van der Waals surface area (Å²) in [4.78, 5) is 19.7. The summed E-state index contributed by atoms with van der Waals surface area (Å²) >= 11 is 2.14. The van der Waals surface area contributed by atoms with E-state index in [1.54, 1.807) is 0 Å². The van der Waals surface area contributed by atoms with E-state index in [0.29, 0.717) is 11.7 Å². The third-order valence-electron chi connectivity index (χ3n) is 3.01. The SMILES string of the molecule is COC(=O)c1nc(N)c(I)c(C2CCCC2)n1. The Labute approximate surface area is 113 Å². The zero-order chi connectivity index (χ0) is 12.4. The molecule has 5 nitrogen and oxygen atoms in total. The monoisotopic (exact) mass is 347 g/mol. The number of nitrogen functional groups attached to an aromatic ring is 1. The number of esters is 1. The van der Waals surface area contributed by atoms with Gasteiger partial charge in [-0.25, -0.2) is 14.8 Å². The Hall–Kier alpha value is -0.920. The van der Waals surface area contributed by atoms with Gasteiger partial charge in [-0.15, -0.1) is 0 Å². The van der Waals surface area contributed by atoms with Crippen molar-refractivity contribution < 1.29 is 9.53 Å². The molecule has 1 fully saturated rings. The van der Waals surface area contributed by atoms with Crippen LogP contribution in [0.5, 0.6) is 0 Å². The van der Waals surface area contributed by atoms with Crippen molar-refractivity contribution in [2.75, 3.05) is 12.8 Å². The van der Waals surface area contributed by atoms with Gasteiger partial charge >= 0.3 is 5.97 Å². The zero-order valence-electron chi connectivity index (χ0n) is 9.57. The highest BCUT2D eigenvalue weighted by molar-refractivity contribution is 14.1. The quantitative estimate of drug-likeness (QED) is 0.655. The number of hydrogen-bond donors (Lipinski definition) is 1. The minimum atomic E-state index is -0.535. The van der Waals surface area contributed by atoms with Gasteiger partial charge in [-0.2, -0.15) is 0 Å². The van der Waals surface area contributed by atoms with Gasteiger partial charge in [0.25, 0.3) is 0 Å². The Morgan fingerprint density at radius 3 is 2.65 bits per heavy atom. The second-order valence-electron chi connectivity index (χ2n) is 4.10. The molecule has 6 heteroatoms. The maximum atomic E-state index is 11.4. The molecule has 0 saturated heterocycles. The summed E-state index contributed by atoms with van der Waals surface area (Å²) < 4.78 is 5.49. The lowest BCUT2D eigenvalue weighted by atomic mass is 10.0. The average Bonchev–Trinajstić information content (AvgIpc) is 2.85. The molecule has 0 atom stereocenters. The van der Waals surface area contributed by atoms with E-state index >= 15 is 0 Å². The van der Waals surface area contributed by atoms with E-state index in [4.69, 9.17) is 5.73 Å². The largest absolute Gasteiger partial charge is 0.463 e. The smallest absolute Gasteiger partial charge is 0.376 e. The number of nitrogens with two attached hydrogens (primary N) is 1. The van der Waals surface area contributed by atoms with Crippen LogP contribution in [-0.2, 0) is 4.74 Å². The predicted molar refractivity (Wildman–Crippen MR) is 71.7 cm³/mol. The summed E-state index contributed by atoms with van der Waals surface area (Å²) in [6.07, 6.45) is 4.62. The molecule has 1 saturated carbocycles. The number of methoxy groups -OCH3 is 1. The molecule has 92 valence electrons. The third-order valence-corrected chi connectivity index (χ3v) is 4.12. The summed E-state index contributed by atoms with van der Waals surface area (Å²) in [5.74, 6) is 0.290. The topological polar surface area (TPSA) is 78.1 Å². The lowest BCUT2D eigenvalue weighted by molar-refractivity contribution is 0.0586. The fourth-order valence-corrected chi connectivity index (χ4v) is 2.82. The van der Waals surface area contributed by atoms with Gasteiger partial charge in [-0.1, -0.05) is 12.8 Å². The van der Waals surface area contributed by atoms with Gasteiger partial charge in [0.2, 0.25) is 5.82 Å². The Kier molecular flexibility index (Phi) is 3.80. The first kappa shape index (κ1) is 12.5. The number of halogens is 1. The molecule has 0 unspecified atom stereocenters. The van der Waals surface area contributed by atoms with Gasteiger partial charge in [-0.3, -0.25) is 0 Å². The zero-order valence-corrected chi connectivity index (χ0v) is 11.7. The highest BCUT2D eigenvalue weighted by Gasteiger charge is 2.24. The summed E-state index contributed by atoms with van der Waals surface area (Å²) in [5.41, 5.74) is 6.71. The first-order valence-corrected chi connectivity index (χ1v) is 6.62. The van der Waals surface area contributed by atoms with Gasteiger partial charge in [0.15, 0.2) is 0 Å². The molecule has 0 aromatic carbocycles. The number of carbonyl (C=O) groups excluding carboxylic acids is 1. The molecule has 1 aromatic rings. The molecule has 1 aromatic heterocycles. The Bertz CT molecular complexity index is 445. The summed E-state index contributed by atoms with van der Waals surface area (Å²) in [6.45, 7) is 0. The van der Waals surface area contributed by atoms with E-state index in [1.165, 1.54) is 20.0 Å². The molecule has 0 spiro atoms. The molecule has 2 rings (SSSR count). The van der Waals surface area contributed by atoms with E-state index in [9.17, 15) is 4.79 Å². The van der Waals surface area contributed by atoms with Crippen LogP contribution in [0.25, 0.3) is 0 Å². The normalized spacial score (nSPS) is 16.1. The van der Waals surface area contributed by atoms with Crippen LogP contribution in [0.1, 0.15) is 47.9 Å². The molecule has 2 N–H and O–H groups in total. The number of hydrogen-bond acceptors (Lipinski definition) is 5. The molecule has 17 heavy (non-hydrogen) atoms. The van der Waals surface area contributed by atoms with Gasteiger partial charge in [0.1, 0.15) is 5.82 Å². The number of rotatable bonds is 2. The molecule has 0 amide bonds. The van der Waals surface area contributed by atoms with Gasteiger partial charge in [-0.05, 0) is 35.4 Å². The number of nitrogens with zero attached hydrogens (tertiary/aromatic N) is 2. The third kappa shape index (κ3) is 2.51. The van der Waals surface area contributed by atoms with E-state index in [0.717, 1.165) is 22.1 Å². The lowest BCUT2D eigenvalue weighted by Gasteiger charge is -2.13. The average molecular weight is 347 g/mol. The maximum absolute atomic E-state index is 11.4. The van der Waals surface area contributed by atoms with Crippen molar-refractivity contribution in [2.24, 2.45) is 0 Å². The standard InChI is InChI=1S/C11H14IN3O2/c1-17-11(16)10-14-8(6-4-2-3-5-6)7(12)9(13)15-10/h6H,2-5H2,1H3,(H2,13,14,15). The first-order chi connectivity index (χ1) is 8.13. The highest BCUT2D eigenvalue weighted by atomic mass is 127. The fraction of sp³-hybridized carbons (Fsp3) is 0.545. The maximum Gasteiger partial charge on any atom is 0.376 e. The van der Waals surface area contributed by atoms with E-state index < -0.39 is 5.97 Å². The van der Waals surface area contributed by atoms with Gasteiger partial charge < -0.3 is 10.5 Å². The number of carbonyl (C=O) groups is 1. The van der Waals surface area contributed by atoms with Gasteiger partial charge in [0, 0.05) is 5.92 Å². The van der Waals surface area contributed by atoms with Crippen LogP contribution < -0.4 is 5.73 Å². The fourth-order valence-electron chi connectivity index (χ4n) is 2.13. The Morgan fingerprint density at radius 1 is 1.41 bits per heavy atom. The van der Waals surface area contributed by atoms with Crippen molar-refractivity contribution in [3.8, 4) is 0 Å². The van der Waals surface area contributed by atoms with Crippen LogP contribution in [-0.4, -0.2) is 23.0 Å². The summed E-state index contributed by atoms with van der Waals surface area (Å²) in [7, 11) is 1.31. The molecule has 0 bridgehead atoms. The molecule has 1 aliphatic rings. The van der Waals surface area contributed by atoms with Crippen molar-refractivity contribution in [2.45, 2.75) is 31.6 Å². The van der Waals surface area contributed by atoms with Crippen molar-refractivity contribution in [3.63, 3.8) is 0 Å². The lowest BCUT2D eigenvalue weighted by Crippen LogP contribution is -2.14. The Balaban J connectivity index is 2.42. The number of ether oxygens (including phenoxy) is 1. The van der Waals surface area contributed by atoms with Crippen molar-refractivity contribution in [1.82, 2.24) is 9.97 Å². The van der Waals surface area contributed by atoms with Crippen LogP contribution in [0, 0.1) is 3.57 Å². The van der Waals surface area contributed by atoms with E-state index in [-0.39, 0.29) is 5.82 Å². The Morgan fingerprint density at radius 2 is 2.06 bits per heavy atom. The highest BCUT2D eigenvalue weighted by Crippen LogP contribution is 2.36. The first-order valence-electron chi connectivity index (χ1n) is 5.54. The molecular weight excluding hydrogens is 333 g/mol. The minimum Gasteiger partial charge on any atom is -0.463 e. The van der Waals surface area contributed by atoms with E-state index in [1.807, 2.05) is 0 Å². The van der Waals surface area contributed by atoms with Crippen LogP contribution >= 0.6 is 22.6 Å². The summed E-state index contributed by atoms with van der Waals surface area (Å²) in [6, 6.07) is 0. The van der Waals surface area contributed by atoms with Crippen LogP contribution in [0.4, 0.5) is 5.82 Å². The number of anilines is 1. The van der Waals surface area contributed by atoms with Crippen LogP contribution in [0.15, 0.2) is 0 Å². The van der Waals surface area contributed by atoms with Crippen LogP contribution in [0.3, 0.4) is 0 Å². The molecular formula is C11H14IN3O2. The van der Waals surface area contributed by atoms with Crippen LogP contribution in [0.2, 0.25) is 0 Å². The molecule has 0 radical (unpaired) electrons. The minimum absolute atomic E-state index is 0.0623. The van der Waals surface area contributed by atoms with Crippen molar-refractivity contribution in [3.05, 3.63) is 15.1 Å². The van der Waals surface area contributed by atoms with Gasteiger partial charge in [0.05, 0.1) is 16.4 Å². The molecule has 1 aliphatic carbocycles. The molecule has 0 aliphatic heterocycles. The summed E-state index contributed by atoms with van der Waals surface area (Å²) in [5, 5.41) is 0. The second-order valence-corrected chi connectivity index (χ2v) is 5.18. The molecule has 1 heterocycles. The van der Waals surface area contributed by atoms with Crippen molar-refractivity contribution in [1.29, 1.82) is 0 Å². The van der Waals surface area contributed by atoms with E-state index in [2.05, 4.69) is 37.3 Å². The predicted octanol–water partition coefficient (Wildman–Crippen LogP) is 2.11.